The third-order valence-electron chi connectivity index (χ3n) is 8.01. The van der Waals surface area contributed by atoms with Gasteiger partial charge in [-0.2, -0.15) is 0 Å². The number of aliphatic imine (C=N–C) groups is 1. The van der Waals surface area contributed by atoms with Crippen LogP contribution in [0.2, 0.25) is 0 Å². The zero-order valence-corrected chi connectivity index (χ0v) is 22.0. The average molecular weight is 521 g/mol. The Morgan fingerprint density at radius 2 is 1.61 bits per heavy atom. The Kier molecular flexibility index (Phi) is 7.62. The van der Waals surface area contributed by atoms with Crippen LogP contribution in [-0.4, -0.2) is 99.6 Å². The Hall–Kier alpha value is -3.50. The van der Waals surface area contributed by atoms with E-state index in [1.54, 1.807) is 6.21 Å². The predicted molar refractivity (Wildman–Crippen MR) is 147 cm³/mol. The van der Waals surface area contributed by atoms with Crippen molar-refractivity contribution in [2.75, 3.05) is 40.3 Å². The molecule has 4 N–H and O–H groups in total. The SMILES string of the molecule is CN1CCCC1CCN=Cc1c(O)cc(O)c2nc3c(C(=O)NCCC4CCCN4C)ccc(O)c3nc12. The van der Waals surface area contributed by atoms with Crippen LogP contribution >= 0.6 is 0 Å². The molecule has 0 radical (unpaired) electrons. The van der Waals surface area contributed by atoms with Gasteiger partial charge in [0.25, 0.3) is 5.91 Å². The van der Waals surface area contributed by atoms with Crippen LogP contribution in [0.15, 0.2) is 23.2 Å². The number of aromatic nitrogens is 2. The van der Waals surface area contributed by atoms with Gasteiger partial charge in [0.2, 0.25) is 0 Å². The molecule has 0 saturated carbocycles. The molecular weight excluding hydrogens is 484 g/mol. The van der Waals surface area contributed by atoms with Crippen LogP contribution in [0.5, 0.6) is 17.2 Å². The largest absolute Gasteiger partial charge is 0.507 e. The number of phenols is 3. The second-order valence-corrected chi connectivity index (χ2v) is 10.5. The van der Waals surface area contributed by atoms with Crippen LogP contribution in [-0.2, 0) is 0 Å². The number of phenolic OH excluding ortho intramolecular Hbond substituents is 3. The fraction of sp³-hybridized carbons (Fsp3) is 0.500. The van der Waals surface area contributed by atoms with Gasteiger partial charge in [-0.25, -0.2) is 9.97 Å². The van der Waals surface area contributed by atoms with E-state index in [1.807, 2.05) is 0 Å². The Morgan fingerprint density at radius 1 is 0.947 bits per heavy atom. The van der Waals surface area contributed by atoms with Crippen molar-refractivity contribution in [1.29, 1.82) is 0 Å². The summed E-state index contributed by atoms with van der Waals surface area (Å²) in [6.07, 6.45) is 7.95. The zero-order chi connectivity index (χ0) is 26.8. The van der Waals surface area contributed by atoms with Crippen LogP contribution < -0.4 is 5.32 Å². The fourth-order valence-corrected chi connectivity index (χ4v) is 5.71. The minimum atomic E-state index is -0.318. The van der Waals surface area contributed by atoms with Crippen molar-refractivity contribution >= 4 is 34.2 Å². The Bertz CT molecular complexity index is 1380. The lowest BCUT2D eigenvalue weighted by Gasteiger charge is -2.19. The maximum Gasteiger partial charge on any atom is 0.253 e. The molecule has 2 saturated heterocycles. The topological polar surface area (TPSA) is 134 Å². The number of fused-ring (bicyclic) bond motifs is 2. The first-order valence-electron chi connectivity index (χ1n) is 13.4. The van der Waals surface area contributed by atoms with Gasteiger partial charge in [0.05, 0.1) is 11.1 Å². The van der Waals surface area contributed by atoms with Crippen LogP contribution in [0.4, 0.5) is 0 Å². The highest BCUT2D eigenvalue weighted by Gasteiger charge is 2.23. The number of benzene rings is 2. The van der Waals surface area contributed by atoms with Crippen molar-refractivity contribution in [1.82, 2.24) is 25.1 Å². The first-order valence-corrected chi connectivity index (χ1v) is 13.4. The third-order valence-corrected chi connectivity index (χ3v) is 8.01. The fourth-order valence-electron chi connectivity index (χ4n) is 5.71. The highest BCUT2D eigenvalue weighted by molar-refractivity contribution is 6.10. The molecule has 10 nitrogen and oxygen atoms in total. The molecule has 3 aromatic rings. The third kappa shape index (κ3) is 5.23. The molecule has 0 spiro atoms. The first kappa shape index (κ1) is 26.1. The van der Waals surface area contributed by atoms with Gasteiger partial charge in [0, 0.05) is 37.5 Å². The van der Waals surface area contributed by atoms with Crippen LogP contribution in [0.25, 0.3) is 22.1 Å². The number of amides is 1. The molecule has 202 valence electrons. The van der Waals surface area contributed by atoms with Gasteiger partial charge in [-0.15, -0.1) is 0 Å². The second kappa shape index (κ2) is 11.1. The lowest BCUT2D eigenvalue weighted by Crippen LogP contribution is -2.31. The lowest BCUT2D eigenvalue weighted by atomic mass is 10.1. The van der Waals surface area contributed by atoms with Gasteiger partial charge in [0.1, 0.15) is 39.3 Å². The Labute approximate surface area is 222 Å². The number of nitrogens with one attached hydrogen (secondary N) is 1. The van der Waals surface area contributed by atoms with Gasteiger partial charge in [-0.05, 0) is 77.8 Å². The number of carbonyl (C=O) groups excluding carboxylic acids is 1. The van der Waals surface area contributed by atoms with E-state index in [-0.39, 0.29) is 50.8 Å². The average Bonchev–Trinajstić information content (AvgIpc) is 3.50. The summed E-state index contributed by atoms with van der Waals surface area (Å²) in [5.74, 6) is -0.916. The summed E-state index contributed by atoms with van der Waals surface area (Å²) in [6, 6.07) is 5.09. The van der Waals surface area contributed by atoms with Crippen LogP contribution in [0, 0.1) is 0 Å². The van der Waals surface area contributed by atoms with E-state index in [1.165, 1.54) is 31.0 Å². The van der Waals surface area contributed by atoms with E-state index < -0.39 is 0 Å². The van der Waals surface area contributed by atoms with Gasteiger partial charge < -0.3 is 30.4 Å². The molecule has 2 atom stereocenters. The molecule has 38 heavy (non-hydrogen) atoms. The molecule has 1 amide bonds. The summed E-state index contributed by atoms with van der Waals surface area (Å²) in [5, 5.41) is 34.7. The molecule has 2 aromatic carbocycles. The lowest BCUT2D eigenvalue weighted by molar-refractivity contribution is 0.0951. The summed E-state index contributed by atoms with van der Waals surface area (Å²) in [4.78, 5) is 31.3. The number of rotatable bonds is 8. The van der Waals surface area contributed by atoms with Crippen molar-refractivity contribution in [3.8, 4) is 17.2 Å². The van der Waals surface area contributed by atoms with Crippen molar-refractivity contribution < 1.29 is 20.1 Å². The summed E-state index contributed by atoms with van der Waals surface area (Å²) < 4.78 is 0. The standard InChI is InChI=1S/C28H36N6O4/c1-33-13-3-5-17(33)9-11-29-16-20-22(36)15-23(37)27-25(20)32-26-21(35)8-7-19(24(26)31-27)28(38)30-12-10-18-6-4-14-34(18)2/h7-8,15-18,35-37H,3-6,9-14H2,1-2H3,(H,30,38). The van der Waals surface area contributed by atoms with Crippen LogP contribution in [0.1, 0.15) is 54.4 Å². The monoisotopic (exact) mass is 520 g/mol. The molecule has 1 aromatic heterocycles. The minimum absolute atomic E-state index is 0.118. The Balaban J connectivity index is 1.42. The molecule has 2 aliphatic heterocycles. The van der Waals surface area contributed by atoms with Gasteiger partial charge in [-0.3, -0.25) is 9.79 Å². The highest BCUT2D eigenvalue weighted by atomic mass is 16.3. The van der Waals surface area contributed by atoms with E-state index in [2.05, 4.69) is 44.2 Å². The smallest absolute Gasteiger partial charge is 0.253 e. The number of carbonyl (C=O) groups is 1. The maximum atomic E-state index is 13.1. The summed E-state index contributed by atoms with van der Waals surface area (Å²) >= 11 is 0. The number of hydrogen-bond acceptors (Lipinski definition) is 9. The van der Waals surface area contributed by atoms with E-state index in [0.717, 1.165) is 38.8 Å². The molecule has 10 heteroatoms. The second-order valence-electron chi connectivity index (χ2n) is 10.5. The molecule has 3 heterocycles. The summed E-state index contributed by atoms with van der Waals surface area (Å²) in [7, 11) is 4.22. The zero-order valence-electron chi connectivity index (χ0n) is 22.0. The summed E-state index contributed by atoms with van der Waals surface area (Å²) in [6.45, 7) is 3.28. The maximum absolute atomic E-state index is 13.1. The molecule has 5 rings (SSSR count). The number of likely N-dealkylation sites (tertiary alicyclic amines) is 2. The normalized spacial score (nSPS) is 20.8. The van der Waals surface area contributed by atoms with Gasteiger partial charge in [-0.1, -0.05) is 0 Å². The van der Waals surface area contributed by atoms with Gasteiger partial charge >= 0.3 is 0 Å². The van der Waals surface area contributed by atoms with E-state index in [0.29, 0.717) is 30.7 Å². The molecule has 0 bridgehead atoms. The molecule has 2 fully saturated rings. The van der Waals surface area contributed by atoms with Gasteiger partial charge in [0.15, 0.2) is 0 Å². The van der Waals surface area contributed by atoms with Crippen molar-refractivity contribution in [2.45, 2.75) is 50.6 Å². The van der Waals surface area contributed by atoms with Crippen molar-refractivity contribution in [2.24, 2.45) is 4.99 Å². The molecule has 2 aliphatic rings. The van der Waals surface area contributed by atoms with E-state index in [4.69, 9.17) is 0 Å². The minimum Gasteiger partial charge on any atom is -0.507 e. The molecule has 2 unspecified atom stereocenters. The quantitative estimate of drug-likeness (QED) is 0.263. The van der Waals surface area contributed by atoms with E-state index >= 15 is 0 Å². The number of aromatic hydroxyl groups is 3. The predicted octanol–water partition coefficient (Wildman–Crippen LogP) is 3.02. The molecule has 0 aliphatic carbocycles. The summed E-state index contributed by atoms with van der Waals surface area (Å²) in [5.41, 5.74) is 1.19. The number of nitrogens with zero attached hydrogens (tertiary/aromatic N) is 5. The van der Waals surface area contributed by atoms with Crippen LogP contribution in [0.3, 0.4) is 0 Å². The van der Waals surface area contributed by atoms with Crippen molar-refractivity contribution in [3.63, 3.8) is 0 Å². The highest BCUT2D eigenvalue weighted by Crippen LogP contribution is 2.35. The Morgan fingerprint density at radius 3 is 2.29 bits per heavy atom. The number of hydrogen-bond donors (Lipinski definition) is 4. The first-order chi connectivity index (χ1) is 18.3. The molecular formula is C28H36N6O4. The van der Waals surface area contributed by atoms with E-state index in [9.17, 15) is 20.1 Å². The van der Waals surface area contributed by atoms with Crippen molar-refractivity contribution in [3.05, 3.63) is 29.3 Å².